The van der Waals surface area contributed by atoms with Crippen molar-refractivity contribution in [2.24, 2.45) is 0 Å². The highest BCUT2D eigenvalue weighted by Crippen LogP contribution is 2.17. The van der Waals surface area contributed by atoms with Crippen LogP contribution in [-0.4, -0.2) is 12.4 Å². The minimum absolute atomic E-state index is 0.184. The van der Waals surface area contributed by atoms with Crippen LogP contribution in [0.2, 0.25) is 0 Å². The summed E-state index contributed by atoms with van der Waals surface area (Å²) in [6.45, 7) is -0.192. The molecule has 2 rings (SSSR count). The molecule has 0 saturated carbocycles. The number of hydrogen-bond donors (Lipinski definition) is 0. The number of halogens is 3. The highest BCUT2D eigenvalue weighted by molar-refractivity contribution is 9.10. The van der Waals surface area contributed by atoms with Gasteiger partial charge in [-0.2, -0.15) is 0 Å². The van der Waals surface area contributed by atoms with Crippen LogP contribution in [0.4, 0.5) is 8.78 Å². The lowest BCUT2D eigenvalue weighted by molar-refractivity contribution is 0.0717. The lowest BCUT2D eigenvalue weighted by Gasteiger charge is -2.07. The molecule has 0 bridgehead atoms. The van der Waals surface area contributed by atoms with Gasteiger partial charge in [0, 0.05) is 4.47 Å². The molecule has 0 unspecified atom stereocenters. The molecule has 0 heterocycles. The molecule has 0 aromatic heterocycles. The molecule has 0 fully saturated rings. The molecular weight excluding hydrogens is 330 g/mol. The molecular formula is C15H11BrF2O2. The van der Waals surface area contributed by atoms with Gasteiger partial charge in [-0.15, -0.1) is 0 Å². The van der Waals surface area contributed by atoms with Gasteiger partial charge in [-0.1, -0.05) is 40.2 Å². The topological polar surface area (TPSA) is 26.3 Å². The maximum Gasteiger partial charge on any atom is 0.194 e. The lowest BCUT2D eigenvalue weighted by Crippen LogP contribution is -2.13. The fourth-order valence-corrected chi connectivity index (χ4v) is 2.10. The highest BCUT2D eigenvalue weighted by atomic mass is 79.9. The summed E-state index contributed by atoms with van der Waals surface area (Å²) >= 11 is 3.35. The van der Waals surface area contributed by atoms with Gasteiger partial charge in [0.2, 0.25) is 0 Å². The lowest BCUT2D eigenvalue weighted by atomic mass is 10.1. The minimum Gasteiger partial charge on any atom is -0.369 e. The van der Waals surface area contributed by atoms with Gasteiger partial charge >= 0.3 is 0 Å². The molecule has 2 aromatic rings. The van der Waals surface area contributed by atoms with E-state index in [4.69, 9.17) is 4.74 Å². The number of Topliss-reactive ketones (excluding diaryl/α,β-unsaturated/α-hetero) is 1. The third kappa shape index (κ3) is 3.49. The summed E-state index contributed by atoms with van der Waals surface area (Å²) in [5, 5.41) is 0. The SMILES string of the molecule is O=C(COCc1ccccc1Br)c1c(F)cccc1F. The Hall–Kier alpha value is -1.59. The summed E-state index contributed by atoms with van der Waals surface area (Å²) in [5.41, 5.74) is 0.300. The average Bonchev–Trinajstić information content (AvgIpc) is 2.41. The number of benzene rings is 2. The van der Waals surface area contributed by atoms with Gasteiger partial charge in [-0.05, 0) is 23.8 Å². The van der Waals surface area contributed by atoms with Crippen molar-refractivity contribution >= 4 is 21.7 Å². The summed E-state index contributed by atoms with van der Waals surface area (Å²) in [4.78, 5) is 11.7. The molecule has 104 valence electrons. The quantitative estimate of drug-likeness (QED) is 0.765. The summed E-state index contributed by atoms with van der Waals surface area (Å²) < 4.78 is 32.8. The molecule has 0 aliphatic heterocycles. The van der Waals surface area contributed by atoms with Crippen molar-refractivity contribution in [2.45, 2.75) is 6.61 Å². The Labute approximate surface area is 123 Å². The second-order valence-corrected chi connectivity index (χ2v) is 4.96. The molecule has 0 spiro atoms. The Morgan fingerprint density at radius 2 is 1.70 bits per heavy atom. The van der Waals surface area contributed by atoms with Gasteiger partial charge in [0.05, 0.1) is 12.2 Å². The van der Waals surface area contributed by atoms with E-state index in [1.54, 1.807) is 0 Å². The Balaban J connectivity index is 1.98. The first-order valence-electron chi connectivity index (χ1n) is 5.88. The van der Waals surface area contributed by atoms with Crippen LogP contribution < -0.4 is 0 Å². The summed E-state index contributed by atoms with van der Waals surface area (Å²) in [6.07, 6.45) is 0. The van der Waals surface area contributed by atoms with Crippen molar-refractivity contribution in [3.8, 4) is 0 Å². The Morgan fingerprint density at radius 3 is 2.35 bits per heavy atom. The molecule has 20 heavy (non-hydrogen) atoms. The zero-order chi connectivity index (χ0) is 14.5. The zero-order valence-electron chi connectivity index (χ0n) is 10.4. The first kappa shape index (κ1) is 14.8. The van der Waals surface area contributed by atoms with Crippen molar-refractivity contribution in [3.63, 3.8) is 0 Å². The Kier molecular flexibility index (Phi) is 4.98. The number of carbonyl (C=O) groups excluding carboxylic acids is 1. The van der Waals surface area contributed by atoms with E-state index in [-0.39, 0.29) is 13.2 Å². The van der Waals surface area contributed by atoms with Gasteiger partial charge in [-0.3, -0.25) is 4.79 Å². The van der Waals surface area contributed by atoms with Gasteiger partial charge in [0.1, 0.15) is 18.2 Å². The van der Waals surface area contributed by atoms with Crippen molar-refractivity contribution in [1.82, 2.24) is 0 Å². The van der Waals surface area contributed by atoms with Crippen molar-refractivity contribution in [3.05, 3.63) is 69.7 Å². The normalized spacial score (nSPS) is 10.6. The monoisotopic (exact) mass is 340 g/mol. The highest BCUT2D eigenvalue weighted by Gasteiger charge is 2.16. The van der Waals surface area contributed by atoms with Crippen LogP contribution in [0.25, 0.3) is 0 Å². The Morgan fingerprint density at radius 1 is 1.05 bits per heavy atom. The van der Waals surface area contributed by atoms with Gasteiger partial charge < -0.3 is 4.74 Å². The Bertz CT molecular complexity index is 609. The molecule has 2 nitrogen and oxygen atoms in total. The van der Waals surface area contributed by atoms with Crippen LogP contribution in [0.3, 0.4) is 0 Å². The number of ether oxygens (including phenoxy) is 1. The fraction of sp³-hybridized carbons (Fsp3) is 0.133. The van der Waals surface area contributed by atoms with E-state index in [1.165, 1.54) is 6.07 Å². The number of ketones is 1. The number of hydrogen-bond acceptors (Lipinski definition) is 2. The van der Waals surface area contributed by atoms with Crippen molar-refractivity contribution < 1.29 is 18.3 Å². The molecule has 0 radical (unpaired) electrons. The molecule has 0 amide bonds. The molecule has 0 saturated heterocycles. The molecule has 5 heteroatoms. The predicted molar refractivity (Wildman–Crippen MR) is 74.5 cm³/mol. The second kappa shape index (κ2) is 6.72. The van der Waals surface area contributed by atoms with Gasteiger partial charge in [0.15, 0.2) is 5.78 Å². The van der Waals surface area contributed by atoms with Crippen LogP contribution in [-0.2, 0) is 11.3 Å². The average molecular weight is 341 g/mol. The minimum atomic E-state index is -0.875. The van der Waals surface area contributed by atoms with E-state index in [9.17, 15) is 13.6 Å². The predicted octanol–water partition coefficient (Wildman–Crippen LogP) is 4.13. The van der Waals surface area contributed by atoms with E-state index in [0.29, 0.717) is 0 Å². The smallest absolute Gasteiger partial charge is 0.194 e. The molecule has 2 aromatic carbocycles. The van der Waals surface area contributed by atoms with E-state index in [1.807, 2.05) is 24.3 Å². The van der Waals surface area contributed by atoms with Crippen molar-refractivity contribution in [1.29, 1.82) is 0 Å². The van der Waals surface area contributed by atoms with E-state index in [0.717, 1.165) is 22.2 Å². The van der Waals surface area contributed by atoms with Crippen LogP contribution >= 0.6 is 15.9 Å². The third-order valence-electron chi connectivity index (χ3n) is 2.69. The first-order chi connectivity index (χ1) is 9.59. The van der Waals surface area contributed by atoms with Crippen LogP contribution in [0.5, 0.6) is 0 Å². The van der Waals surface area contributed by atoms with Crippen molar-refractivity contribution in [2.75, 3.05) is 6.61 Å². The van der Waals surface area contributed by atoms with Gasteiger partial charge in [0.25, 0.3) is 0 Å². The van der Waals surface area contributed by atoms with E-state index >= 15 is 0 Å². The molecule has 0 atom stereocenters. The van der Waals surface area contributed by atoms with Gasteiger partial charge in [-0.25, -0.2) is 8.78 Å². The summed E-state index contributed by atoms with van der Waals surface area (Å²) in [5.74, 6) is -2.47. The maximum atomic E-state index is 13.4. The third-order valence-corrected chi connectivity index (χ3v) is 3.46. The molecule has 0 N–H and O–H groups in total. The van der Waals surface area contributed by atoms with Crippen LogP contribution in [0.15, 0.2) is 46.9 Å². The number of carbonyl (C=O) groups is 1. The van der Waals surface area contributed by atoms with E-state index < -0.39 is 23.0 Å². The molecule has 0 aliphatic carbocycles. The molecule has 0 aliphatic rings. The van der Waals surface area contributed by atoms with Crippen LogP contribution in [0, 0.1) is 11.6 Å². The van der Waals surface area contributed by atoms with E-state index in [2.05, 4.69) is 15.9 Å². The maximum absolute atomic E-state index is 13.4. The number of rotatable bonds is 5. The first-order valence-corrected chi connectivity index (χ1v) is 6.67. The second-order valence-electron chi connectivity index (χ2n) is 4.10. The zero-order valence-corrected chi connectivity index (χ0v) is 12.0. The van der Waals surface area contributed by atoms with Crippen LogP contribution in [0.1, 0.15) is 15.9 Å². The largest absolute Gasteiger partial charge is 0.369 e. The standard InChI is InChI=1S/C15H11BrF2O2/c16-11-5-2-1-4-10(11)8-20-9-14(19)15-12(17)6-3-7-13(15)18/h1-7H,8-9H2. The summed E-state index contributed by atoms with van der Waals surface area (Å²) in [7, 11) is 0. The fourth-order valence-electron chi connectivity index (χ4n) is 1.71. The summed E-state index contributed by atoms with van der Waals surface area (Å²) in [6, 6.07) is 10.7.